The Morgan fingerprint density at radius 2 is 2.17 bits per heavy atom. The number of nitrogens with two attached hydrogens (primary N) is 1. The summed E-state index contributed by atoms with van der Waals surface area (Å²) in [5, 5.41) is 2.78. The van der Waals surface area contributed by atoms with E-state index in [1.165, 1.54) is 7.11 Å². The highest BCUT2D eigenvalue weighted by atomic mass is 16.5. The van der Waals surface area contributed by atoms with Gasteiger partial charge in [0.25, 0.3) is 5.91 Å². The van der Waals surface area contributed by atoms with Crippen LogP contribution in [0.5, 0.6) is 5.75 Å². The van der Waals surface area contributed by atoms with Gasteiger partial charge < -0.3 is 15.8 Å². The molecule has 1 aromatic carbocycles. The maximum atomic E-state index is 12.0. The number of nitrogens with one attached hydrogen (secondary N) is 1. The second-order valence-electron chi connectivity index (χ2n) is 4.32. The second kappa shape index (κ2) is 5.97. The van der Waals surface area contributed by atoms with Crippen LogP contribution >= 0.6 is 0 Å². The number of anilines is 1. The quantitative estimate of drug-likeness (QED) is 0.627. The van der Waals surface area contributed by atoms with Crippen LogP contribution in [-0.2, 0) is 0 Å². The van der Waals surface area contributed by atoms with Crippen LogP contribution in [0, 0.1) is 18.3 Å². The number of hydrogen-bond acceptors (Lipinski definition) is 3. The molecule has 96 valence electrons. The van der Waals surface area contributed by atoms with Crippen molar-refractivity contribution in [2.24, 2.45) is 5.92 Å². The minimum absolute atomic E-state index is 0.176. The molecule has 0 fully saturated rings. The van der Waals surface area contributed by atoms with Crippen molar-refractivity contribution in [1.29, 1.82) is 0 Å². The van der Waals surface area contributed by atoms with Gasteiger partial charge in [0.2, 0.25) is 0 Å². The molecular formula is C14H18N2O2. The molecule has 0 bridgehead atoms. The van der Waals surface area contributed by atoms with Crippen molar-refractivity contribution in [1.82, 2.24) is 5.32 Å². The van der Waals surface area contributed by atoms with Gasteiger partial charge in [-0.3, -0.25) is 4.79 Å². The fourth-order valence-electron chi connectivity index (χ4n) is 1.48. The van der Waals surface area contributed by atoms with Crippen molar-refractivity contribution in [3.8, 4) is 18.1 Å². The summed E-state index contributed by atoms with van der Waals surface area (Å²) in [5.74, 6) is 2.97. The van der Waals surface area contributed by atoms with Crippen molar-refractivity contribution in [2.45, 2.75) is 19.9 Å². The van der Waals surface area contributed by atoms with Crippen LogP contribution in [0.2, 0.25) is 0 Å². The first-order valence-electron chi connectivity index (χ1n) is 5.70. The number of hydrogen-bond donors (Lipinski definition) is 2. The first-order valence-corrected chi connectivity index (χ1v) is 5.70. The zero-order valence-electron chi connectivity index (χ0n) is 10.9. The Hall–Kier alpha value is -2.15. The largest absolute Gasteiger partial charge is 0.495 e. The van der Waals surface area contributed by atoms with Gasteiger partial charge in [0.05, 0.1) is 18.8 Å². The second-order valence-corrected chi connectivity index (χ2v) is 4.32. The summed E-state index contributed by atoms with van der Waals surface area (Å²) in [6.07, 6.45) is 5.37. The first-order chi connectivity index (χ1) is 8.49. The van der Waals surface area contributed by atoms with E-state index in [9.17, 15) is 4.79 Å². The molecule has 0 saturated heterocycles. The molecule has 4 heteroatoms. The summed E-state index contributed by atoms with van der Waals surface area (Å²) >= 11 is 0. The molecule has 4 nitrogen and oxygen atoms in total. The maximum absolute atomic E-state index is 12.0. The summed E-state index contributed by atoms with van der Waals surface area (Å²) in [7, 11) is 1.51. The van der Waals surface area contributed by atoms with Gasteiger partial charge >= 0.3 is 0 Å². The molecule has 0 spiro atoms. The summed E-state index contributed by atoms with van der Waals surface area (Å²) in [4.78, 5) is 12.0. The molecule has 1 atom stereocenters. The van der Waals surface area contributed by atoms with Crippen LogP contribution in [0.1, 0.15) is 24.2 Å². The lowest BCUT2D eigenvalue weighted by Crippen LogP contribution is -2.37. The molecule has 3 N–H and O–H groups in total. The fraction of sp³-hybridized carbons (Fsp3) is 0.357. The monoisotopic (exact) mass is 246 g/mol. The normalized spacial score (nSPS) is 11.7. The number of methoxy groups -OCH3 is 1. The molecule has 0 radical (unpaired) electrons. The summed E-state index contributed by atoms with van der Waals surface area (Å²) in [6.45, 7) is 3.91. The van der Waals surface area contributed by atoms with Gasteiger partial charge in [-0.1, -0.05) is 19.8 Å². The molecule has 1 unspecified atom stereocenters. The van der Waals surface area contributed by atoms with Gasteiger partial charge in [0.15, 0.2) is 0 Å². The molecule has 1 aromatic rings. The van der Waals surface area contributed by atoms with E-state index in [0.29, 0.717) is 17.0 Å². The third kappa shape index (κ3) is 3.17. The third-order valence-corrected chi connectivity index (χ3v) is 2.63. The van der Waals surface area contributed by atoms with Crippen molar-refractivity contribution in [3.63, 3.8) is 0 Å². The fourth-order valence-corrected chi connectivity index (χ4v) is 1.48. The minimum Gasteiger partial charge on any atom is -0.495 e. The maximum Gasteiger partial charge on any atom is 0.252 e. The topological polar surface area (TPSA) is 64.4 Å². The number of benzene rings is 1. The van der Waals surface area contributed by atoms with Crippen LogP contribution in [-0.4, -0.2) is 19.1 Å². The van der Waals surface area contributed by atoms with E-state index < -0.39 is 0 Å². The van der Waals surface area contributed by atoms with Gasteiger partial charge in [-0.2, -0.15) is 0 Å². The highest BCUT2D eigenvalue weighted by Gasteiger charge is 2.15. The highest BCUT2D eigenvalue weighted by molar-refractivity contribution is 5.95. The van der Waals surface area contributed by atoms with Crippen molar-refractivity contribution < 1.29 is 9.53 Å². The van der Waals surface area contributed by atoms with E-state index in [-0.39, 0.29) is 17.9 Å². The number of terminal acetylenes is 1. The molecule has 0 saturated carbocycles. The zero-order chi connectivity index (χ0) is 13.7. The number of carbonyl (C=O) groups excluding carboxylic acids is 1. The van der Waals surface area contributed by atoms with E-state index in [0.717, 1.165) is 0 Å². The Morgan fingerprint density at radius 3 is 2.67 bits per heavy atom. The number of nitrogen functional groups attached to an aromatic ring is 1. The van der Waals surface area contributed by atoms with Crippen molar-refractivity contribution in [3.05, 3.63) is 23.8 Å². The van der Waals surface area contributed by atoms with Crippen LogP contribution in [0.25, 0.3) is 0 Å². The smallest absolute Gasteiger partial charge is 0.252 e. The molecule has 0 aliphatic carbocycles. The number of ether oxygens (including phenoxy) is 1. The molecule has 0 aliphatic rings. The first kappa shape index (κ1) is 13.9. The van der Waals surface area contributed by atoms with Gasteiger partial charge in [-0.15, -0.1) is 6.42 Å². The SMILES string of the molecule is C#CC(NC(=O)c1ccc(N)c(OC)c1)C(C)C. The van der Waals surface area contributed by atoms with Crippen LogP contribution < -0.4 is 15.8 Å². The lowest BCUT2D eigenvalue weighted by Gasteiger charge is -2.17. The summed E-state index contributed by atoms with van der Waals surface area (Å²) in [6, 6.07) is 4.58. The minimum atomic E-state index is -0.291. The molecule has 0 aliphatic heterocycles. The molecular weight excluding hydrogens is 228 g/mol. The van der Waals surface area contributed by atoms with E-state index in [1.54, 1.807) is 18.2 Å². The van der Waals surface area contributed by atoms with Crippen LogP contribution in [0.4, 0.5) is 5.69 Å². The predicted molar refractivity (Wildman–Crippen MR) is 72.3 cm³/mol. The van der Waals surface area contributed by atoms with E-state index in [1.807, 2.05) is 13.8 Å². The lowest BCUT2D eigenvalue weighted by atomic mass is 10.0. The Balaban J connectivity index is 2.88. The van der Waals surface area contributed by atoms with E-state index in [4.69, 9.17) is 16.9 Å². The summed E-state index contributed by atoms with van der Waals surface area (Å²) in [5.41, 5.74) is 6.65. The van der Waals surface area contributed by atoms with Gasteiger partial charge in [-0.25, -0.2) is 0 Å². The van der Waals surface area contributed by atoms with Crippen LogP contribution in [0.15, 0.2) is 18.2 Å². The van der Waals surface area contributed by atoms with Crippen molar-refractivity contribution >= 4 is 11.6 Å². The average Bonchev–Trinajstić information content (AvgIpc) is 2.35. The zero-order valence-corrected chi connectivity index (χ0v) is 10.9. The number of amides is 1. The molecule has 1 amide bonds. The van der Waals surface area contributed by atoms with Gasteiger partial charge in [0.1, 0.15) is 5.75 Å². The van der Waals surface area contributed by atoms with Crippen LogP contribution in [0.3, 0.4) is 0 Å². The predicted octanol–water partition coefficient (Wildman–Crippen LogP) is 1.67. The summed E-state index contributed by atoms with van der Waals surface area (Å²) < 4.78 is 5.07. The molecule has 0 heterocycles. The van der Waals surface area contributed by atoms with Gasteiger partial charge in [0, 0.05) is 5.56 Å². The van der Waals surface area contributed by atoms with Crippen molar-refractivity contribution in [2.75, 3.05) is 12.8 Å². The highest BCUT2D eigenvalue weighted by Crippen LogP contribution is 2.22. The molecule has 0 aromatic heterocycles. The molecule has 1 rings (SSSR count). The average molecular weight is 246 g/mol. The Morgan fingerprint density at radius 1 is 1.50 bits per heavy atom. The van der Waals surface area contributed by atoms with Gasteiger partial charge in [-0.05, 0) is 24.1 Å². The lowest BCUT2D eigenvalue weighted by molar-refractivity contribution is 0.0938. The standard InChI is InChI=1S/C14H18N2O2/c1-5-12(9(2)3)16-14(17)10-6-7-11(15)13(8-10)18-4/h1,6-9,12H,15H2,2-4H3,(H,16,17). The Labute approximate surface area is 108 Å². The Bertz CT molecular complexity index is 475. The third-order valence-electron chi connectivity index (χ3n) is 2.63. The Kier molecular flexibility index (Phi) is 4.61. The number of rotatable bonds is 4. The van der Waals surface area contributed by atoms with E-state index >= 15 is 0 Å². The molecule has 18 heavy (non-hydrogen) atoms. The van der Waals surface area contributed by atoms with E-state index in [2.05, 4.69) is 11.2 Å². The number of carbonyl (C=O) groups is 1.